The van der Waals surface area contributed by atoms with Crippen LogP contribution in [0.2, 0.25) is 0 Å². The fourth-order valence-corrected chi connectivity index (χ4v) is 3.04. The minimum Gasteiger partial charge on any atom is -0.482 e. The van der Waals surface area contributed by atoms with Gasteiger partial charge in [-0.2, -0.15) is 0 Å². The van der Waals surface area contributed by atoms with Gasteiger partial charge in [0.1, 0.15) is 29.3 Å². The largest absolute Gasteiger partial charge is 0.482 e. The summed E-state index contributed by atoms with van der Waals surface area (Å²) in [5, 5.41) is 20.4. The summed E-state index contributed by atoms with van der Waals surface area (Å²) in [7, 11) is 2.37. The molecule has 0 spiro atoms. The Hall–Kier alpha value is -3.70. The Bertz CT molecular complexity index is 1030. The zero-order chi connectivity index (χ0) is 26.8. The molecule has 4 atom stereocenters. The molecule has 1 aromatic carbocycles. The maximum absolute atomic E-state index is 13.2. The van der Waals surface area contributed by atoms with Gasteiger partial charge in [0, 0.05) is 12.0 Å². The maximum Gasteiger partial charge on any atom is 0.343 e. The number of benzene rings is 1. The van der Waals surface area contributed by atoms with Crippen LogP contribution in [0.3, 0.4) is 0 Å². The number of ether oxygens (including phenoxy) is 5. The summed E-state index contributed by atoms with van der Waals surface area (Å²) in [4.78, 5) is 48.6. The summed E-state index contributed by atoms with van der Waals surface area (Å²) < 4.78 is 25.7. The van der Waals surface area contributed by atoms with E-state index >= 15 is 0 Å². The number of cyclic esters (lactones) is 1. The number of hydrogen-bond donors (Lipinski definition) is 2. The monoisotopic (exact) mass is 506 g/mol. The van der Waals surface area contributed by atoms with Gasteiger partial charge in [-0.15, -0.1) is 0 Å². The van der Waals surface area contributed by atoms with E-state index in [1.54, 1.807) is 13.8 Å². The minimum absolute atomic E-state index is 0.0493. The summed E-state index contributed by atoms with van der Waals surface area (Å²) in [5.74, 6) is -3.22. The molecule has 1 aliphatic rings. The van der Waals surface area contributed by atoms with E-state index in [0.29, 0.717) is 0 Å². The molecular weight excluding hydrogens is 476 g/mol. The van der Waals surface area contributed by atoms with Crippen LogP contribution in [-0.4, -0.2) is 79.6 Å². The lowest BCUT2D eigenvalue weighted by Gasteiger charge is -2.21. The first-order chi connectivity index (χ1) is 17.1. The molecule has 0 aromatic heterocycles. The van der Waals surface area contributed by atoms with Crippen LogP contribution in [0, 0.1) is 5.92 Å². The number of rotatable bonds is 6. The van der Waals surface area contributed by atoms with Crippen molar-refractivity contribution in [3.63, 3.8) is 0 Å². The maximum atomic E-state index is 13.2. The van der Waals surface area contributed by atoms with E-state index in [9.17, 15) is 29.4 Å². The Morgan fingerprint density at radius 3 is 2.28 bits per heavy atom. The van der Waals surface area contributed by atoms with E-state index in [0.717, 1.165) is 6.08 Å². The Morgan fingerprint density at radius 1 is 1.00 bits per heavy atom. The lowest BCUT2D eigenvalue weighted by molar-refractivity contribution is -0.143. The zero-order valence-corrected chi connectivity index (χ0v) is 20.5. The molecule has 0 amide bonds. The van der Waals surface area contributed by atoms with E-state index in [1.165, 1.54) is 44.6 Å². The predicted molar refractivity (Wildman–Crippen MR) is 125 cm³/mol. The molecule has 0 saturated carbocycles. The molecule has 0 saturated heterocycles. The van der Waals surface area contributed by atoms with Crippen LogP contribution in [0.25, 0.3) is 6.08 Å². The third-order valence-corrected chi connectivity index (χ3v) is 5.40. The highest BCUT2D eigenvalue weighted by molar-refractivity contribution is 5.97. The highest BCUT2D eigenvalue weighted by Gasteiger charge is 2.26. The molecule has 0 fully saturated rings. The first kappa shape index (κ1) is 28.5. The number of carbonyl (C=O) groups is 4. The molecule has 1 aliphatic heterocycles. The molecule has 2 rings (SSSR count). The number of aliphatic hydroxyl groups is 2. The van der Waals surface area contributed by atoms with Crippen LogP contribution in [0.5, 0.6) is 11.5 Å². The Kier molecular flexibility index (Phi) is 10.6. The molecule has 0 radical (unpaired) electrons. The molecule has 3 unspecified atom stereocenters. The molecule has 1 heterocycles. The van der Waals surface area contributed by atoms with Gasteiger partial charge in [-0.1, -0.05) is 25.2 Å². The third kappa shape index (κ3) is 7.92. The van der Waals surface area contributed by atoms with Gasteiger partial charge in [0.15, 0.2) is 19.0 Å². The number of carbonyl (C=O) groups excluding carboxylic acids is 4. The first-order valence-electron chi connectivity index (χ1n) is 11.1. The van der Waals surface area contributed by atoms with E-state index < -0.39 is 61.1 Å². The van der Waals surface area contributed by atoms with E-state index in [-0.39, 0.29) is 29.0 Å². The molecule has 36 heavy (non-hydrogen) atoms. The van der Waals surface area contributed by atoms with Crippen LogP contribution in [0.4, 0.5) is 0 Å². The highest BCUT2D eigenvalue weighted by Crippen LogP contribution is 2.32. The highest BCUT2D eigenvalue weighted by atomic mass is 16.6. The average Bonchev–Trinajstić information content (AvgIpc) is 2.86. The number of aliphatic hydroxyl groups excluding tert-OH is 2. The molecular formula is C25H30O11. The summed E-state index contributed by atoms with van der Waals surface area (Å²) in [6, 6.07) is 2.74. The smallest absolute Gasteiger partial charge is 0.343 e. The summed E-state index contributed by atoms with van der Waals surface area (Å²) in [6.07, 6.45) is 1.59. The molecule has 0 bridgehead atoms. The lowest BCUT2D eigenvalue weighted by Crippen LogP contribution is -2.32. The van der Waals surface area contributed by atoms with Gasteiger partial charge >= 0.3 is 17.9 Å². The van der Waals surface area contributed by atoms with Crippen molar-refractivity contribution >= 4 is 29.8 Å². The van der Waals surface area contributed by atoms with Crippen molar-refractivity contribution in [1.82, 2.24) is 0 Å². The van der Waals surface area contributed by atoms with Crippen molar-refractivity contribution in [2.75, 3.05) is 27.4 Å². The standard InChI is InChI=1S/C25H30O11/c1-14-8-9-19(27)24(30)18(26)7-5-6-16-10-17(34-12-21(28)32-3)11-20(35-13-22(29)33-4)23(16)25(31)36-15(14)2/h5-6,8-11,14-15,18,24,26,30H,7,12-13H2,1-4H3/b6-5?,9-8-/t14-,15?,18?,24?/m1/s1. The summed E-state index contributed by atoms with van der Waals surface area (Å²) in [6.45, 7) is 2.36. The van der Waals surface area contributed by atoms with Gasteiger partial charge in [-0.05, 0) is 31.1 Å². The molecule has 11 nitrogen and oxygen atoms in total. The van der Waals surface area contributed by atoms with Gasteiger partial charge in [-0.3, -0.25) is 4.79 Å². The summed E-state index contributed by atoms with van der Waals surface area (Å²) >= 11 is 0. The molecule has 196 valence electrons. The minimum atomic E-state index is -1.65. The van der Waals surface area contributed by atoms with E-state index in [2.05, 4.69) is 9.47 Å². The first-order valence-corrected chi connectivity index (χ1v) is 11.1. The normalized spacial score (nSPS) is 23.5. The molecule has 0 aliphatic carbocycles. The van der Waals surface area contributed by atoms with Crippen LogP contribution >= 0.6 is 0 Å². The fourth-order valence-electron chi connectivity index (χ4n) is 3.04. The number of esters is 3. The van der Waals surface area contributed by atoms with E-state index in [1.807, 2.05) is 0 Å². The van der Waals surface area contributed by atoms with Crippen molar-refractivity contribution in [2.24, 2.45) is 5.92 Å². The second-order valence-electron chi connectivity index (χ2n) is 8.00. The second-order valence-corrected chi connectivity index (χ2v) is 8.00. The second kappa shape index (κ2) is 13.4. The number of hydrogen-bond acceptors (Lipinski definition) is 11. The van der Waals surface area contributed by atoms with Gasteiger partial charge in [0.2, 0.25) is 0 Å². The van der Waals surface area contributed by atoms with Crippen LogP contribution in [-0.2, 0) is 28.6 Å². The number of ketones is 1. The van der Waals surface area contributed by atoms with Crippen molar-refractivity contribution in [3.05, 3.63) is 41.5 Å². The Balaban J connectivity index is 2.59. The van der Waals surface area contributed by atoms with Gasteiger partial charge in [0.25, 0.3) is 0 Å². The summed E-state index contributed by atoms with van der Waals surface area (Å²) in [5.41, 5.74) is 0.162. The van der Waals surface area contributed by atoms with Crippen molar-refractivity contribution < 1.29 is 53.1 Å². The third-order valence-electron chi connectivity index (χ3n) is 5.40. The van der Waals surface area contributed by atoms with Gasteiger partial charge < -0.3 is 33.9 Å². The van der Waals surface area contributed by atoms with Crippen LogP contribution in [0.1, 0.15) is 36.2 Å². The average molecular weight is 507 g/mol. The molecule has 1 aromatic rings. The van der Waals surface area contributed by atoms with Crippen molar-refractivity contribution in [1.29, 1.82) is 0 Å². The number of fused-ring (bicyclic) bond motifs is 1. The quantitative estimate of drug-likeness (QED) is 0.423. The van der Waals surface area contributed by atoms with Crippen molar-refractivity contribution in [3.8, 4) is 11.5 Å². The fraction of sp³-hybridized carbons (Fsp3) is 0.440. The lowest BCUT2D eigenvalue weighted by atomic mass is 9.99. The zero-order valence-electron chi connectivity index (χ0n) is 20.5. The molecule has 2 N–H and O–H groups in total. The van der Waals surface area contributed by atoms with Gasteiger partial charge in [-0.25, -0.2) is 14.4 Å². The number of methoxy groups -OCH3 is 2. The Morgan fingerprint density at radius 2 is 1.64 bits per heavy atom. The SMILES string of the molecule is COC(=O)COc1cc2c(c(OCC(=O)OC)c1)C(=O)OC(C)[C@H](C)/C=C\C(=O)C(O)C(O)CC=C2. The Labute approximate surface area is 208 Å². The van der Waals surface area contributed by atoms with Crippen LogP contribution < -0.4 is 9.47 Å². The van der Waals surface area contributed by atoms with Crippen molar-refractivity contribution in [2.45, 2.75) is 38.6 Å². The topological polar surface area (TPSA) is 155 Å². The van der Waals surface area contributed by atoms with Crippen LogP contribution in [0.15, 0.2) is 30.4 Å². The van der Waals surface area contributed by atoms with Gasteiger partial charge in [0.05, 0.1) is 20.3 Å². The van der Waals surface area contributed by atoms with E-state index in [4.69, 9.17) is 14.2 Å². The predicted octanol–water partition coefficient (Wildman–Crippen LogP) is 1.24. The molecule has 11 heteroatoms.